The molecule has 2 N–H and O–H groups in total. The molecule has 36 heavy (non-hydrogen) atoms. The number of benzene rings is 1. The summed E-state index contributed by atoms with van der Waals surface area (Å²) in [5, 5.41) is 16.6. The number of methoxy groups -OCH3 is 2. The van der Waals surface area contributed by atoms with Crippen LogP contribution in [0.1, 0.15) is 75.7 Å². The fourth-order valence-corrected chi connectivity index (χ4v) is 4.38. The van der Waals surface area contributed by atoms with Crippen molar-refractivity contribution < 1.29 is 29.0 Å². The van der Waals surface area contributed by atoms with Crippen LogP contribution in [0.3, 0.4) is 0 Å². The Labute approximate surface area is 214 Å². The number of ether oxygens (including phenoxy) is 2. The van der Waals surface area contributed by atoms with E-state index in [2.05, 4.69) is 17.4 Å². The maximum absolute atomic E-state index is 13.4. The van der Waals surface area contributed by atoms with Crippen molar-refractivity contribution in [1.29, 1.82) is 0 Å². The van der Waals surface area contributed by atoms with E-state index in [9.17, 15) is 14.7 Å². The van der Waals surface area contributed by atoms with Crippen molar-refractivity contribution in [2.75, 3.05) is 26.6 Å². The summed E-state index contributed by atoms with van der Waals surface area (Å²) in [6, 6.07) is 4.86. The molecule has 2 rings (SSSR count). The monoisotopic (exact) mass is 500 g/mol. The Morgan fingerprint density at radius 1 is 1.17 bits per heavy atom. The van der Waals surface area contributed by atoms with E-state index in [0.717, 1.165) is 36.8 Å². The molecule has 0 radical (unpaired) electrons. The number of carboxylic acid groups (broad SMARTS) is 1. The molecule has 2 unspecified atom stereocenters. The van der Waals surface area contributed by atoms with Crippen LogP contribution >= 0.6 is 0 Å². The van der Waals surface area contributed by atoms with E-state index in [1.807, 2.05) is 32.9 Å². The predicted octanol–water partition coefficient (Wildman–Crippen LogP) is 5.70. The standard InChI is InChI=1S/C28H40N2O6/c1-8-9-10-11-18(20-16-23(30-36-7)25(35-6)17-24(20)34-5)15-26(31)29-22-14-19(27(32)33)12-13-21(22)28(2,3)4/h12-14,16-18,25H,8-11,15H2,1-7H3,(H,29,31)(H,32,33). The Kier molecular flexibility index (Phi) is 10.7. The zero-order valence-electron chi connectivity index (χ0n) is 22.5. The predicted molar refractivity (Wildman–Crippen MR) is 141 cm³/mol. The quantitative estimate of drug-likeness (QED) is 0.282. The minimum Gasteiger partial charge on any atom is -0.497 e. The largest absolute Gasteiger partial charge is 0.497 e. The van der Waals surface area contributed by atoms with Crippen LogP contribution in [0.5, 0.6) is 0 Å². The van der Waals surface area contributed by atoms with Crippen molar-refractivity contribution in [2.24, 2.45) is 11.1 Å². The third-order valence-corrected chi connectivity index (χ3v) is 6.23. The smallest absolute Gasteiger partial charge is 0.335 e. The summed E-state index contributed by atoms with van der Waals surface area (Å²) in [5.41, 5.74) is 2.70. The lowest BCUT2D eigenvalue weighted by atomic mass is 9.84. The minimum absolute atomic E-state index is 0.128. The number of allylic oxidation sites excluding steroid dienone is 1. The van der Waals surface area contributed by atoms with E-state index in [-0.39, 0.29) is 29.2 Å². The molecule has 0 aliphatic heterocycles. The molecule has 0 spiro atoms. The van der Waals surface area contributed by atoms with Gasteiger partial charge in [0, 0.05) is 19.2 Å². The molecule has 1 aliphatic rings. The number of hydrogen-bond acceptors (Lipinski definition) is 6. The van der Waals surface area contributed by atoms with Crippen molar-refractivity contribution in [3.05, 3.63) is 52.8 Å². The first-order valence-electron chi connectivity index (χ1n) is 12.3. The molecular formula is C28H40N2O6. The number of nitrogens with zero attached hydrogens (tertiary/aromatic N) is 1. The molecule has 8 heteroatoms. The van der Waals surface area contributed by atoms with Crippen LogP contribution in [0.25, 0.3) is 0 Å². The molecule has 0 aromatic heterocycles. The molecule has 8 nitrogen and oxygen atoms in total. The highest BCUT2D eigenvalue weighted by molar-refractivity contribution is 6.02. The Balaban J connectivity index is 2.40. The number of carbonyl (C=O) groups excluding carboxylic acids is 1. The molecule has 0 fully saturated rings. The SMILES string of the molecule is CCCCCC(CC(=O)Nc1cc(C(=O)O)ccc1C(C)(C)C)C1=CC(=NOC)C(OC)C=C1OC. The van der Waals surface area contributed by atoms with Crippen molar-refractivity contribution in [1.82, 2.24) is 0 Å². The van der Waals surface area contributed by atoms with E-state index in [0.29, 0.717) is 17.2 Å². The molecule has 0 saturated carbocycles. The summed E-state index contributed by atoms with van der Waals surface area (Å²) in [6.07, 6.45) is 7.35. The summed E-state index contributed by atoms with van der Waals surface area (Å²) < 4.78 is 11.2. The van der Waals surface area contributed by atoms with Gasteiger partial charge in [0.2, 0.25) is 5.91 Å². The summed E-state index contributed by atoms with van der Waals surface area (Å²) in [4.78, 5) is 29.9. The van der Waals surface area contributed by atoms with Gasteiger partial charge in [-0.15, -0.1) is 0 Å². The molecule has 0 bridgehead atoms. The number of hydrogen-bond donors (Lipinski definition) is 2. The summed E-state index contributed by atoms with van der Waals surface area (Å²) in [7, 11) is 4.66. The van der Waals surface area contributed by atoms with Gasteiger partial charge in [-0.3, -0.25) is 4.79 Å². The lowest BCUT2D eigenvalue weighted by Crippen LogP contribution is -2.28. The fourth-order valence-electron chi connectivity index (χ4n) is 4.38. The molecule has 0 saturated heterocycles. The van der Waals surface area contributed by atoms with Crippen LogP contribution in [0, 0.1) is 5.92 Å². The van der Waals surface area contributed by atoms with Crippen LogP contribution in [0.2, 0.25) is 0 Å². The van der Waals surface area contributed by atoms with E-state index >= 15 is 0 Å². The van der Waals surface area contributed by atoms with E-state index in [1.54, 1.807) is 26.4 Å². The topological polar surface area (TPSA) is 106 Å². The van der Waals surface area contributed by atoms with Gasteiger partial charge in [0.15, 0.2) is 0 Å². The van der Waals surface area contributed by atoms with Crippen LogP contribution in [-0.4, -0.2) is 50.1 Å². The average molecular weight is 501 g/mol. The van der Waals surface area contributed by atoms with Crippen molar-refractivity contribution in [3.8, 4) is 0 Å². The summed E-state index contributed by atoms with van der Waals surface area (Å²) in [6.45, 7) is 8.21. The Hall–Kier alpha value is -3.13. The maximum atomic E-state index is 13.4. The first kappa shape index (κ1) is 29.1. The molecule has 0 heterocycles. The summed E-state index contributed by atoms with van der Waals surface area (Å²) >= 11 is 0. The second-order valence-electron chi connectivity index (χ2n) is 9.95. The Bertz CT molecular complexity index is 1020. The maximum Gasteiger partial charge on any atom is 0.335 e. The van der Waals surface area contributed by atoms with Crippen LogP contribution < -0.4 is 5.32 Å². The molecule has 2 atom stereocenters. The minimum atomic E-state index is -1.04. The highest BCUT2D eigenvalue weighted by Gasteiger charge is 2.29. The van der Waals surface area contributed by atoms with Gasteiger partial charge in [0.05, 0.1) is 12.7 Å². The first-order valence-corrected chi connectivity index (χ1v) is 12.3. The van der Waals surface area contributed by atoms with Crippen LogP contribution in [0.4, 0.5) is 5.69 Å². The zero-order chi connectivity index (χ0) is 26.9. The number of carbonyl (C=O) groups is 2. The number of aromatic carboxylic acids is 1. The number of amides is 1. The molecule has 1 amide bonds. The van der Waals surface area contributed by atoms with Gasteiger partial charge >= 0.3 is 5.97 Å². The zero-order valence-corrected chi connectivity index (χ0v) is 22.5. The molecule has 198 valence electrons. The number of carboxylic acids is 1. The third-order valence-electron chi connectivity index (χ3n) is 6.23. The van der Waals surface area contributed by atoms with Crippen LogP contribution in [-0.2, 0) is 24.5 Å². The van der Waals surface area contributed by atoms with Gasteiger partial charge in [-0.25, -0.2) is 4.79 Å². The van der Waals surface area contributed by atoms with E-state index in [4.69, 9.17) is 14.3 Å². The van der Waals surface area contributed by atoms with Gasteiger partial charge in [-0.2, -0.15) is 0 Å². The highest BCUT2D eigenvalue weighted by Crippen LogP contribution is 2.34. The van der Waals surface area contributed by atoms with Crippen molar-refractivity contribution in [2.45, 2.75) is 71.3 Å². The van der Waals surface area contributed by atoms with Crippen molar-refractivity contribution in [3.63, 3.8) is 0 Å². The normalized spacial score (nSPS) is 17.8. The first-order chi connectivity index (χ1) is 17.0. The molecular weight excluding hydrogens is 460 g/mol. The average Bonchev–Trinajstić information content (AvgIpc) is 2.82. The second-order valence-corrected chi connectivity index (χ2v) is 9.95. The number of anilines is 1. The van der Waals surface area contributed by atoms with Gasteiger partial charge < -0.3 is 24.7 Å². The van der Waals surface area contributed by atoms with Gasteiger partial charge in [0.25, 0.3) is 0 Å². The number of oxime groups is 1. The second kappa shape index (κ2) is 13.3. The number of rotatable bonds is 12. The fraction of sp³-hybridized carbons (Fsp3) is 0.536. The summed E-state index contributed by atoms with van der Waals surface area (Å²) in [5.74, 6) is -0.721. The Morgan fingerprint density at radius 2 is 1.89 bits per heavy atom. The van der Waals surface area contributed by atoms with Gasteiger partial charge in [-0.1, -0.05) is 58.2 Å². The number of nitrogens with one attached hydrogen (secondary N) is 1. The number of unbranched alkanes of at least 4 members (excludes halogenated alkanes) is 2. The van der Waals surface area contributed by atoms with Crippen LogP contribution in [0.15, 0.2) is 46.8 Å². The molecule has 1 aromatic rings. The lowest BCUT2D eigenvalue weighted by molar-refractivity contribution is -0.116. The van der Waals surface area contributed by atoms with E-state index < -0.39 is 12.1 Å². The third kappa shape index (κ3) is 7.68. The van der Waals surface area contributed by atoms with E-state index in [1.165, 1.54) is 13.2 Å². The lowest BCUT2D eigenvalue weighted by Gasteiger charge is -2.27. The van der Waals surface area contributed by atoms with Crippen molar-refractivity contribution >= 4 is 23.3 Å². The van der Waals surface area contributed by atoms with Gasteiger partial charge in [-0.05, 0) is 53.2 Å². The molecule has 1 aliphatic carbocycles. The van der Waals surface area contributed by atoms with Gasteiger partial charge in [0.1, 0.15) is 24.7 Å². The Morgan fingerprint density at radius 3 is 2.44 bits per heavy atom. The highest BCUT2D eigenvalue weighted by atomic mass is 16.6. The molecule has 1 aromatic carbocycles.